The third-order valence-corrected chi connectivity index (χ3v) is 6.05. The van der Waals surface area contributed by atoms with Crippen LogP contribution >= 0.6 is 0 Å². The molecule has 5 N–H and O–H groups in total. The van der Waals surface area contributed by atoms with Crippen LogP contribution in [0.1, 0.15) is 104 Å². The van der Waals surface area contributed by atoms with Gasteiger partial charge in [-0.2, -0.15) is 0 Å². The van der Waals surface area contributed by atoms with E-state index < -0.39 is 35.0 Å². The van der Waals surface area contributed by atoms with Gasteiger partial charge >= 0.3 is 23.9 Å². The predicted octanol–water partition coefficient (Wildman–Crippen LogP) is 5.23. The monoisotopic (exact) mass is 493 g/mol. The summed E-state index contributed by atoms with van der Waals surface area (Å²) >= 11 is 0. The largest absolute Gasteiger partial charge is 0.478 e. The second-order valence-corrected chi connectivity index (χ2v) is 8.84. The van der Waals surface area contributed by atoms with Crippen LogP contribution in [0.3, 0.4) is 0 Å². The van der Waals surface area contributed by atoms with Gasteiger partial charge in [-0.1, -0.05) is 78.1 Å². The standard InChI is InChI=1S/C26H39NO8/c1-3-5-7-9-11-13-15-17(23(28)29)19(25(32)33)21-22(27-21)20(26(34)35)18(24(30)31)16-14-12-10-8-6-4-2/h27H,3-16H2,1-2H3,(H,28,29)(H,30,31)(H,32,33)(H,34,35)/b19-17-,20-18-. The second-order valence-electron chi connectivity index (χ2n) is 8.84. The first-order valence-electron chi connectivity index (χ1n) is 12.6. The Morgan fingerprint density at radius 3 is 1.11 bits per heavy atom. The molecule has 35 heavy (non-hydrogen) atoms. The van der Waals surface area contributed by atoms with Crippen molar-refractivity contribution < 1.29 is 39.6 Å². The van der Waals surface area contributed by atoms with Crippen molar-refractivity contribution in [1.82, 2.24) is 5.32 Å². The molecule has 9 heteroatoms. The SMILES string of the molecule is CCCCCCCC/C(C(=O)O)=C(/C(=O)O)C1=C(/C(C(=O)O)=C(\CCCCCCCC)C(=O)O)N1. The van der Waals surface area contributed by atoms with Crippen LogP contribution in [0.5, 0.6) is 0 Å². The molecule has 0 radical (unpaired) electrons. The van der Waals surface area contributed by atoms with Crippen LogP contribution in [0.25, 0.3) is 0 Å². The highest BCUT2D eigenvalue weighted by Crippen LogP contribution is 2.35. The number of nitrogens with one attached hydrogen (secondary N) is 1. The van der Waals surface area contributed by atoms with E-state index in [1.54, 1.807) is 0 Å². The summed E-state index contributed by atoms with van der Waals surface area (Å²) in [6, 6.07) is 0. The van der Waals surface area contributed by atoms with E-state index in [-0.39, 0.29) is 35.4 Å². The van der Waals surface area contributed by atoms with Crippen LogP contribution in [-0.2, 0) is 19.2 Å². The lowest BCUT2D eigenvalue weighted by molar-refractivity contribution is -0.135. The molecule has 0 aromatic carbocycles. The first-order chi connectivity index (χ1) is 16.7. The molecule has 0 fully saturated rings. The zero-order chi connectivity index (χ0) is 26.4. The lowest BCUT2D eigenvalue weighted by Gasteiger charge is -2.07. The van der Waals surface area contributed by atoms with Gasteiger partial charge in [-0.3, -0.25) is 0 Å². The molecule has 0 amide bonds. The molecule has 0 aromatic rings. The molecule has 1 heterocycles. The van der Waals surface area contributed by atoms with Crippen molar-refractivity contribution in [3.63, 3.8) is 0 Å². The second kappa shape index (κ2) is 15.7. The molecule has 0 saturated carbocycles. The van der Waals surface area contributed by atoms with Crippen molar-refractivity contribution >= 4 is 23.9 Å². The third kappa shape index (κ3) is 9.96. The Labute approximate surface area is 206 Å². The smallest absolute Gasteiger partial charge is 0.338 e. The minimum Gasteiger partial charge on any atom is -0.478 e. The fourth-order valence-corrected chi connectivity index (χ4v) is 4.08. The summed E-state index contributed by atoms with van der Waals surface area (Å²) in [7, 11) is 0. The number of carboxylic acid groups (broad SMARTS) is 4. The van der Waals surface area contributed by atoms with Crippen LogP contribution < -0.4 is 5.32 Å². The van der Waals surface area contributed by atoms with E-state index in [1.165, 1.54) is 0 Å². The minimum absolute atomic E-state index is 0.0250. The number of rotatable bonds is 20. The topological polar surface area (TPSA) is 171 Å². The van der Waals surface area contributed by atoms with Crippen molar-refractivity contribution in [3.8, 4) is 0 Å². The fourth-order valence-electron chi connectivity index (χ4n) is 4.08. The van der Waals surface area contributed by atoms with Crippen LogP contribution in [0, 0.1) is 0 Å². The summed E-state index contributed by atoms with van der Waals surface area (Å²) in [5.41, 5.74) is -1.93. The molecular formula is C26H39NO8. The van der Waals surface area contributed by atoms with E-state index in [9.17, 15) is 39.6 Å². The summed E-state index contributed by atoms with van der Waals surface area (Å²) < 4.78 is 0. The first kappa shape index (κ1) is 29.9. The maximum Gasteiger partial charge on any atom is 0.338 e. The summed E-state index contributed by atoms with van der Waals surface area (Å²) in [4.78, 5) is 47.6. The molecule has 0 aromatic heterocycles. The molecule has 9 nitrogen and oxygen atoms in total. The van der Waals surface area contributed by atoms with Gasteiger partial charge in [0, 0.05) is 0 Å². The molecular weight excluding hydrogens is 454 g/mol. The molecule has 196 valence electrons. The minimum atomic E-state index is -1.50. The number of unbranched alkanes of at least 4 members (excludes halogenated alkanes) is 10. The number of hydrogen-bond donors (Lipinski definition) is 5. The molecule has 0 unspecified atom stereocenters. The van der Waals surface area contributed by atoms with Gasteiger partial charge < -0.3 is 25.7 Å². The van der Waals surface area contributed by atoms with Crippen molar-refractivity contribution in [2.75, 3.05) is 0 Å². The Hall–Kier alpha value is -3.10. The van der Waals surface area contributed by atoms with Gasteiger partial charge in [0.25, 0.3) is 0 Å². The third-order valence-electron chi connectivity index (χ3n) is 6.05. The van der Waals surface area contributed by atoms with Crippen LogP contribution in [-0.4, -0.2) is 44.3 Å². The molecule has 0 bridgehead atoms. The van der Waals surface area contributed by atoms with E-state index >= 15 is 0 Å². The zero-order valence-corrected chi connectivity index (χ0v) is 20.8. The Kier molecular flexibility index (Phi) is 13.5. The average molecular weight is 494 g/mol. The Morgan fingerprint density at radius 2 is 0.829 bits per heavy atom. The van der Waals surface area contributed by atoms with Gasteiger partial charge in [0.15, 0.2) is 0 Å². The number of aliphatic carboxylic acids is 4. The van der Waals surface area contributed by atoms with E-state index in [2.05, 4.69) is 19.2 Å². The van der Waals surface area contributed by atoms with Crippen molar-refractivity contribution in [2.24, 2.45) is 0 Å². The summed E-state index contributed by atoms with van der Waals surface area (Å²) in [5, 5.41) is 41.3. The molecule has 1 rings (SSSR count). The van der Waals surface area contributed by atoms with E-state index in [4.69, 9.17) is 0 Å². The normalized spacial score (nSPS) is 14.1. The highest BCUT2D eigenvalue weighted by Gasteiger charge is 2.39. The lowest BCUT2D eigenvalue weighted by atomic mass is 9.97. The van der Waals surface area contributed by atoms with E-state index in [1.807, 2.05) is 0 Å². The van der Waals surface area contributed by atoms with Gasteiger partial charge in [-0.15, -0.1) is 0 Å². The van der Waals surface area contributed by atoms with Gasteiger partial charge in [0.05, 0.1) is 33.7 Å². The molecule has 0 atom stereocenters. The fraction of sp³-hybridized carbons (Fsp3) is 0.615. The molecule has 0 saturated heterocycles. The summed E-state index contributed by atoms with van der Waals surface area (Å²) in [6.45, 7) is 4.17. The molecule has 0 aliphatic carbocycles. The maximum absolute atomic E-state index is 12.0. The van der Waals surface area contributed by atoms with Crippen LogP contribution in [0.15, 0.2) is 33.7 Å². The number of carbonyl (C=O) groups is 4. The molecule has 1 aliphatic heterocycles. The average Bonchev–Trinajstić information content (AvgIpc) is 3.55. The van der Waals surface area contributed by atoms with Gasteiger partial charge in [-0.05, 0) is 25.7 Å². The predicted molar refractivity (Wildman–Crippen MR) is 131 cm³/mol. The van der Waals surface area contributed by atoms with Crippen molar-refractivity contribution in [1.29, 1.82) is 0 Å². The van der Waals surface area contributed by atoms with Crippen molar-refractivity contribution in [3.05, 3.63) is 33.7 Å². The van der Waals surface area contributed by atoms with Gasteiger partial charge in [0.2, 0.25) is 0 Å². The van der Waals surface area contributed by atoms with Crippen LogP contribution in [0.4, 0.5) is 0 Å². The Morgan fingerprint density at radius 1 is 0.514 bits per heavy atom. The highest BCUT2D eigenvalue weighted by atomic mass is 16.4. The highest BCUT2D eigenvalue weighted by molar-refractivity contribution is 6.07. The maximum atomic E-state index is 12.0. The number of hydrogen-bond acceptors (Lipinski definition) is 5. The molecule has 1 aliphatic rings. The van der Waals surface area contributed by atoms with Crippen molar-refractivity contribution in [2.45, 2.75) is 104 Å². The Balaban J connectivity index is 3.20. The van der Waals surface area contributed by atoms with E-state index in [0.717, 1.165) is 64.2 Å². The summed E-state index contributed by atoms with van der Waals surface area (Å²) in [6.07, 6.45) is 10.7. The van der Waals surface area contributed by atoms with Crippen LogP contribution in [0.2, 0.25) is 0 Å². The zero-order valence-electron chi connectivity index (χ0n) is 20.8. The van der Waals surface area contributed by atoms with E-state index in [0.29, 0.717) is 12.8 Å². The quantitative estimate of drug-likeness (QED) is 0.112. The number of carboxylic acids is 4. The summed E-state index contributed by atoms with van der Waals surface area (Å²) in [5.74, 6) is -5.77. The van der Waals surface area contributed by atoms with Gasteiger partial charge in [0.1, 0.15) is 0 Å². The first-order valence-corrected chi connectivity index (χ1v) is 12.6. The Bertz CT molecular complexity index is 812. The molecule has 0 spiro atoms. The lowest BCUT2D eigenvalue weighted by Crippen LogP contribution is -2.12. The van der Waals surface area contributed by atoms with Gasteiger partial charge in [-0.25, -0.2) is 19.2 Å².